The number of fused-ring (bicyclic) bond motifs is 3. The number of benzene rings is 1. The number of para-hydroxylation sites is 1. The minimum absolute atomic E-state index is 0.0157. The molecule has 27 heavy (non-hydrogen) atoms. The van der Waals surface area contributed by atoms with Crippen LogP contribution in [0.1, 0.15) is 45.5 Å². The Kier molecular flexibility index (Phi) is 3.70. The molecule has 2 N–H and O–H groups in total. The number of nitrogens with one attached hydrogen (secondary N) is 1. The van der Waals surface area contributed by atoms with Crippen LogP contribution in [0.4, 0.5) is 5.69 Å². The summed E-state index contributed by atoms with van der Waals surface area (Å²) in [7, 11) is 0. The number of aryl methyl sites for hydroxylation is 1. The molecule has 7 nitrogen and oxygen atoms in total. The highest BCUT2D eigenvalue weighted by molar-refractivity contribution is 5.77. The Morgan fingerprint density at radius 3 is 2.67 bits per heavy atom. The van der Waals surface area contributed by atoms with Gasteiger partial charge in [0.15, 0.2) is 5.82 Å². The smallest absolute Gasteiger partial charge is 0.309 e. The number of hydrogen-bond donors (Lipinski definition) is 2. The van der Waals surface area contributed by atoms with Gasteiger partial charge in [-0.05, 0) is 44.2 Å². The Balaban J connectivity index is 1.88. The van der Waals surface area contributed by atoms with E-state index in [4.69, 9.17) is 0 Å². The van der Waals surface area contributed by atoms with Crippen molar-refractivity contribution in [3.63, 3.8) is 0 Å². The summed E-state index contributed by atoms with van der Waals surface area (Å²) in [4.78, 5) is 28.5. The highest BCUT2D eigenvalue weighted by Gasteiger charge is 2.59. The van der Waals surface area contributed by atoms with Crippen molar-refractivity contribution in [2.24, 2.45) is 16.7 Å². The van der Waals surface area contributed by atoms with Gasteiger partial charge in [0.25, 0.3) is 5.56 Å². The maximum atomic E-state index is 12.2. The third-order valence-electron chi connectivity index (χ3n) is 6.88. The summed E-state index contributed by atoms with van der Waals surface area (Å²) >= 11 is 0. The molecule has 1 aromatic carbocycles. The molecule has 4 rings (SSSR count). The van der Waals surface area contributed by atoms with Gasteiger partial charge < -0.3 is 10.4 Å². The van der Waals surface area contributed by atoms with Crippen molar-refractivity contribution in [1.82, 2.24) is 14.8 Å². The Morgan fingerprint density at radius 2 is 2.00 bits per heavy atom. The Morgan fingerprint density at radius 1 is 1.30 bits per heavy atom. The lowest BCUT2D eigenvalue weighted by atomic mass is 9.65. The van der Waals surface area contributed by atoms with Crippen molar-refractivity contribution < 1.29 is 9.90 Å². The van der Waals surface area contributed by atoms with Gasteiger partial charge in [0.1, 0.15) is 11.9 Å². The van der Waals surface area contributed by atoms with Crippen LogP contribution >= 0.6 is 0 Å². The van der Waals surface area contributed by atoms with E-state index >= 15 is 0 Å². The monoisotopic (exact) mass is 368 g/mol. The second-order valence-electron chi connectivity index (χ2n) is 8.41. The molecule has 7 heteroatoms. The van der Waals surface area contributed by atoms with Gasteiger partial charge in [-0.25, -0.2) is 4.68 Å². The third-order valence-corrected chi connectivity index (χ3v) is 6.88. The number of aromatic nitrogens is 3. The number of carboxylic acids is 1. The summed E-state index contributed by atoms with van der Waals surface area (Å²) in [6.07, 6.45) is 1.09. The molecule has 1 aliphatic heterocycles. The molecule has 142 valence electrons. The minimum Gasteiger partial charge on any atom is -0.481 e. The zero-order valence-electron chi connectivity index (χ0n) is 16.0. The van der Waals surface area contributed by atoms with E-state index in [1.807, 2.05) is 45.0 Å². The molecular weight excluding hydrogens is 344 g/mol. The molecule has 3 atom stereocenters. The average Bonchev–Trinajstić information content (AvgIpc) is 2.86. The van der Waals surface area contributed by atoms with Crippen LogP contribution in [0, 0.1) is 23.7 Å². The van der Waals surface area contributed by atoms with E-state index in [-0.39, 0.29) is 17.6 Å². The standard InChI is InChI=1S/C20H24N4O3/c1-11-17(25)22-15-12-7-5-6-8-14(12)21-16(24(15)23-11)13-9-10-20(4,18(26)27)19(13,2)3/h5-8,13,16,21H,9-10H2,1-4H3,(H,26,27)/t13-,16+,20-/m1/s1. The molecule has 1 saturated carbocycles. The van der Waals surface area contributed by atoms with E-state index in [0.717, 1.165) is 17.7 Å². The first-order chi connectivity index (χ1) is 12.7. The van der Waals surface area contributed by atoms with E-state index in [2.05, 4.69) is 15.4 Å². The predicted molar refractivity (Wildman–Crippen MR) is 101 cm³/mol. The van der Waals surface area contributed by atoms with Crippen LogP contribution in [0.15, 0.2) is 29.1 Å². The molecular formula is C20H24N4O3. The molecule has 1 fully saturated rings. The summed E-state index contributed by atoms with van der Waals surface area (Å²) in [5.74, 6) is -0.222. The van der Waals surface area contributed by atoms with Gasteiger partial charge in [0, 0.05) is 17.2 Å². The number of nitrogens with zero attached hydrogens (tertiary/aromatic N) is 3. The third kappa shape index (κ3) is 2.33. The van der Waals surface area contributed by atoms with Crippen molar-refractivity contribution >= 4 is 11.7 Å². The highest BCUT2D eigenvalue weighted by Crippen LogP contribution is 2.59. The zero-order chi connectivity index (χ0) is 19.6. The Labute approximate surface area is 157 Å². The number of rotatable bonds is 2. The average molecular weight is 368 g/mol. The highest BCUT2D eigenvalue weighted by atomic mass is 16.4. The molecule has 0 saturated heterocycles. The van der Waals surface area contributed by atoms with E-state index < -0.39 is 16.8 Å². The van der Waals surface area contributed by atoms with Gasteiger partial charge in [-0.3, -0.25) is 9.59 Å². The number of aliphatic carboxylic acids is 1. The van der Waals surface area contributed by atoms with Crippen molar-refractivity contribution in [2.75, 3.05) is 5.32 Å². The van der Waals surface area contributed by atoms with Gasteiger partial charge in [-0.2, -0.15) is 10.1 Å². The molecule has 2 aliphatic rings. The second-order valence-corrected chi connectivity index (χ2v) is 8.41. The van der Waals surface area contributed by atoms with Crippen molar-refractivity contribution in [3.8, 4) is 11.4 Å². The lowest BCUT2D eigenvalue weighted by Crippen LogP contribution is -2.45. The molecule has 0 unspecified atom stereocenters. The number of carbonyl (C=O) groups is 1. The van der Waals surface area contributed by atoms with Gasteiger partial charge in [0.05, 0.1) is 5.41 Å². The molecule has 2 heterocycles. The normalized spacial score (nSPS) is 28.1. The van der Waals surface area contributed by atoms with E-state index in [1.165, 1.54) is 0 Å². The summed E-state index contributed by atoms with van der Waals surface area (Å²) in [6, 6.07) is 7.70. The maximum absolute atomic E-state index is 12.2. The van der Waals surface area contributed by atoms with Gasteiger partial charge >= 0.3 is 5.97 Å². The Hall–Kier alpha value is -2.70. The molecule has 0 bridgehead atoms. The van der Waals surface area contributed by atoms with Crippen LogP contribution in [0.3, 0.4) is 0 Å². The van der Waals surface area contributed by atoms with E-state index in [0.29, 0.717) is 17.9 Å². The fourth-order valence-corrected chi connectivity index (χ4v) is 4.62. The first-order valence-electron chi connectivity index (χ1n) is 9.23. The van der Waals surface area contributed by atoms with E-state index in [1.54, 1.807) is 11.6 Å². The first kappa shape index (κ1) is 17.7. The van der Waals surface area contributed by atoms with Gasteiger partial charge in [-0.1, -0.05) is 26.0 Å². The fourth-order valence-electron chi connectivity index (χ4n) is 4.62. The summed E-state index contributed by atoms with van der Waals surface area (Å²) in [6.45, 7) is 7.52. The Bertz CT molecular complexity index is 997. The van der Waals surface area contributed by atoms with Crippen LogP contribution < -0.4 is 10.9 Å². The summed E-state index contributed by atoms with van der Waals surface area (Å²) < 4.78 is 1.78. The summed E-state index contributed by atoms with van der Waals surface area (Å²) in [5.41, 5.74) is 0.422. The minimum atomic E-state index is -0.821. The predicted octanol–water partition coefficient (Wildman–Crippen LogP) is 3.06. The van der Waals surface area contributed by atoms with Crippen molar-refractivity contribution in [3.05, 3.63) is 40.3 Å². The van der Waals surface area contributed by atoms with E-state index in [9.17, 15) is 14.7 Å². The molecule has 0 amide bonds. The molecule has 1 aliphatic carbocycles. The van der Waals surface area contributed by atoms with Gasteiger partial charge in [0.2, 0.25) is 0 Å². The van der Waals surface area contributed by atoms with Crippen LogP contribution in [-0.4, -0.2) is 25.8 Å². The maximum Gasteiger partial charge on any atom is 0.309 e. The quantitative estimate of drug-likeness (QED) is 0.845. The molecule has 2 aromatic rings. The van der Waals surface area contributed by atoms with Crippen LogP contribution in [-0.2, 0) is 4.79 Å². The molecule has 0 spiro atoms. The largest absolute Gasteiger partial charge is 0.481 e. The number of hydrogen-bond acceptors (Lipinski definition) is 5. The first-order valence-corrected chi connectivity index (χ1v) is 9.23. The SMILES string of the molecule is Cc1nn2c(nc1=O)-c1ccccc1N[C@@H]2[C@H]1CC[C@](C)(C(=O)O)C1(C)C. The molecule has 0 radical (unpaired) electrons. The fraction of sp³-hybridized carbons (Fsp3) is 0.500. The van der Waals surface area contributed by atoms with Crippen LogP contribution in [0.2, 0.25) is 0 Å². The number of anilines is 1. The zero-order valence-corrected chi connectivity index (χ0v) is 16.0. The van der Waals surface area contributed by atoms with Crippen molar-refractivity contribution in [2.45, 2.75) is 46.7 Å². The van der Waals surface area contributed by atoms with Crippen molar-refractivity contribution in [1.29, 1.82) is 0 Å². The van der Waals surface area contributed by atoms with Crippen LogP contribution in [0.5, 0.6) is 0 Å². The lowest BCUT2D eigenvalue weighted by molar-refractivity contribution is -0.154. The summed E-state index contributed by atoms with van der Waals surface area (Å²) in [5, 5.41) is 17.9. The lowest BCUT2D eigenvalue weighted by Gasteiger charge is -2.43. The second kappa shape index (κ2) is 5.65. The molecule has 1 aromatic heterocycles. The topological polar surface area (TPSA) is 97.1 Å². The van der Waals surface area contributed by atoms with Gasteiger partial charge in [-0.15, -0.1) is 0 Å². The number of carboxylic acid groups (broad SMARTS) is 1. The van der Waals surface area contributed by atoms with Crippen LogP contribution in [0.25, 0.3) is 11.4 Å².